The zero-order chi connectivity index (χ0) is 24.5. The molecule has 2 aromatic carbocycles. The van der Waals surface area contributed by atoms with Gasteiger partial charge in [0.2, 0.25) is 0 Å². The second-order valence-corrected chi connectivity index (χ2v) is 8.02. The van der Waals surface area contributed by atoms with Crippen molar-refractivity contribution in [1.82, 2.24) is 9.88 Å². The minimum Gasteiger partial charge on any atom is -0.502 e. The van der Waals surface area contributed by atoms with Gasteiger partial charge in [0, 0.05) is 23.7 Å². The monoisotopic (exact) mass is 482 g/mol. The molecule has 33 heavy (non-hydrogen) atoms. The van der Waals surface area contributed by atoms with Crippen molar-refractivity contribution in [2.45, 2.75) is 25.6 Å². The standard InChI is InChI=1S/C23H19ClF4N2O3/c1-12(7-13-3-5-16(24)6-4-13)29-21(32)18-11-19(30(2)22(33)20(18)31)14-8-15(23(26,27)28)10-17(25)9-14/h3-6,8-12,31H,7H2,1-2H3,(H,29,32). The number of amides is 1. The number of carbonyl (C=O) groups excluding carboxylic acids is 1. The summed E-state index contributed by atoms with van der Waals surface area (Å²) in [7, 11) is 1.19. The lowest BCUT2D eigenvalue weighted by Crippen LogP contribution is -2.35. The fourth-order valence-corrected chi connectivity index (χ4v) is 3.49. The zero-order valence-corrected chi connectivity index (χ0v) is 18.3. The van der Waals surface area contributed by atoms with Gasteiger partial charge in [0.15, 0.2) is 5.75 Å². The Balaban J connectivity index is 1.96. The zero-order valence-electron chi connectivity index (χ0n) is 17.5. The molecule has 0 fully saturated rings. The van der Waals surface area contributed by atoms with Crippen molar-refractivity contribution in [1.29, 1.82) is 0 Å². The molecule has 2 N–H and O–H groups in total. The smallest absolute Gasteiger partial charge is 0.416 e. The van der Waals surface area contributed by atoms with Crippen molar-refractivity contribution < 1.29 is 27.5 Å². The molecule has 1 unspecified atom stereocenters. The number of nitrogens with one attached hydrogen (secondary N) is 1. The van der Waals surface area contributed by atoms with E-state index in [1.54, 1.807) is 31.2 Å². The van der Waals surface area contributed by atoms with Crippen LogP contribution in [0.5, 0.6) is 5.75 Å². The predicted octanol–water partition coefficient (Wildman–Crippen LogP) is 4.93. The number of carbonyl (C=O) groups is 1. The van der Waals surface area contributed by atoms with Gasteiger partial charge in [0.1, 0.15) is 5.82 Å². The lowest BCUT2D eigenvalue weighted by atomic mass is 10.0. The van der Waals surface area contributed by atoms with Crippen LogP contribution in [0.15, 0.2) is 53.3 Å². The Hall–Kier alpha value is -3.33. The molecule has 0 aliphatic rings. The third-order valence-electron chi connectivity index (χ3n) is 5.00. The summed E-state index contributed by atoms with van der Waals surface area (Å²) < 4.78 is 54.1. The quantitative estimate of drug-likeness (QED) is 0.507. The van der Waals surface area contributed by atoms with Crippen LogP contribution >= 0.6 is 11.6 Å². The summed E-state index contributed by atoms with van der Waals surface area (Å²) in [5, 5.41) is 13.4. The van der Waals surface area contributed by atoms with Gasteiger partial charge in [-0.05, 0) is 55.3 Å². The minimum absolute atomic E-state index is 0.168. The van der Waals surface area contributed by atoms with E-state index < -0.39 is 46.4 Å². The fraction of sp³-hybridized carbons (Fsp3) is 0.217. The van der Waals surface area contributed by atoms with E-state index in [0.717, 1.165) is 22.3 Å². The Bertz CT molecular complexity index is 1250. The third kappa shape index (κ3) is 5.54. The van der Waals surface area contributed by atoms with Crippen molar-refractivity contribution in [3.8, 4) is 17.0 Å². The van der Waals surface area contributed by atoms with Gasteiger partial charge in [-0.2, -0.15) is 13.2 Å². The molecule has 0 bridgehead atoms. The van der Waals surface area contributed by atoms with Gasteiger partial charge in [0.25, 0.3) is 11.5 Å². The molecule has 0 aliphatic carbocycles. The molecule has 5 nitrogen and oxygen atoms in total. The largest absolute Gasteiger partial charge is 0.502 e. The summed E-state index contributed by atoms with van der Waals surface area (Å²) in [5.74, 6) is -2.84. The van der Waals surface area contributed by atoms with Crippen LogP contribution in [-0.4, -0.2) is 21.6 Å². The number of hydrogen-bond donors (Lipinski definition) is 2. The molecule has 1 atom stereocenters. The molecule has 10 heteroatoms. The Morgan fingerprint density at radius 3 is 2.39 bits per heavy atom. The lowest BCUT2D eigenvalue weighted by Gasteiger charge is -2.17. The summed E-state index contributed by atoms with van der Waals surface area (Å²) >= 11 is 5.85. The van der Waals surface area contributed by atoms with E-state index in [1.807, 2.05) is 0 Å². The fourth-order valence-electron chi connectivity index (χ4n) is 3.36. The van der Waals surface area contributed by atoms with Crippen LogP contribution < -0.4 is 10.9 Å². The second kappa shape index (κ2) is 9.27. The van der Waals surface area contributed by atoms with Crippen molar-refractivity contribution in [3.05, 3.63) is 86.4 Å². The first-order valence-electron chi connectivity index (χ1n) is 9.73. The van der Waals surface area contributed by atoms with E-state index in [9.17, 15) is 32.3 Å². The summed E-state index contributed by atoms with van der Waals surface area (Å²) in [6.07, 6.45) is -4.40. The van der Waals surface area contributed by atoms with Gasteiger partial charge < -0.3 is 15.0 Å². The average molecular weight is 483 g/mol. The number of halogens is 5. The van der Waals surface area contributed by atoms with Crippen molar-refractivity contribution in [2.75, 3.05) is 0 Å². The molecule has 174 valence electrons. The van der Waals surface area contributed by atoms with E-state index in [-0.39, 0.29) is 11.3 Å². The maximum absolute atomic E-state index is 13.9. The number of rotatable bonds is 5. The van der Waals surface area contributed by atoms with E-state index in [0.29, 0.717) is 23.6 Å². The Morgan fingerprint density at radius 2 is 1.79 bits per heavy atom. The van der Waals surface area contributed by atoms with Gasteiger partial charge in [-0.15, -0.1) is 0 Å². The lowest BCUT2D eigenvalue weighted by molar-refractivity contribution is -0.137. The van der Waals surface area contributed by atoms with Gasteiger partial charge in [-0.3, -0.25) is 9.59 Å². The molecule has 0 spiro atoms. The number of nitrogens with zero attached hydrogens (tertiary/aromatic N) is 1. The maximum atomic E-state index is 13.9. The Labute approximate surface area is 191 Å². The van der Waals surface area contributed by atoms with Crippen molar-refractivity contribution in [3.63, 3.8) is 0 Å². The second-order valence-electron chi connectivity index (χ2n) is 7.59. The first-order chi connectivity index (χ1) is 15.4. The summed E-state index contributed by atoms with van der Waals surface area (Å²) in [6.45, 7) is 1.70. The van der Waals surface area contributed by atoms with Crippen LogP contribution in [0.25, 0.3) is 11.3 Å². The summed E-state index contributed by atoms with van der Waals surface area (Å²) in [6, 6.07) is 9.38. The Kier molecular flexibility index (Phi) is 6.83. The van der Waals surface area contributed by atoms with E-state index in [1.165, 1.54) is 7.05 Å². The van der Waals surface area contributed by atoms with Gasteiger partial charge in [-0.1, -0.05) is 23.7 Å². The minimum atomic E-state index is -4.82. The summed E-state index contributed by atoms with van der Waals surface area (Å²) in [5.41, 5.74) is -2.26. The molecule has 0 aliphatic heterocycles. The van der Waals surface area contributed by atoms with E-state index in [2.05, 4.69) is 5.32 Å². The molecule has 3 rings (SSSR count). The first kappa shape index (κ1) is 24.3. The molecule has 0 radical (unpaired) electrons. The molecule has 3 aromatic rings. The van der Waals surface area contributed by atoms with Gasteiger partial charge >= 0.3 is 6.18 Å². The van der Waals surface area contributed by atoms with Crippen molar-refractivity contribution in [2.24, 2.45) is 7.05 Å². The molecular weight excluding hydrogens is 464 g/mol. The predicted molar refractivity (Wildman–Crippen MR) is 116 cm³/mol. The molecule has 1 heterocycles. The van der Waals surface area contributed by atoms with Crippen LogP contribution in [0.3, 0.4) is 0 Å². The Morgan fingerprint density at radius 1 is 1.15 bits per heavy atom. The van der Waals surface area contributed by atoms with E-state index in [4.69, 9.17) is 11.6 Å². The highest BCUT2D eigenvalue weighted by atomic mass is 35.5. The number of aromatic nitrogens is 1. The first-order valence-corrected chi connectivity index (χ1v) is 10.1. The normalized spacial score (nSPS) is 12.5. The number of hydrogen-bond acceptors (Lipinski definition) is 3. The molecule has 1 aromatic heterocycles. The van der Waals surface area contributed by atoms with Crippen LogP contribution in [0.4, 0.5) is 17.6 Å². The van der Waals surface area contributed by atoms with E-state index >= 15 is 0 Å². The topological polar surface area (TPSA) is 71.3 Å². The summed E-state index contributed by atoms with van der Waals surface area (Å²) in [4.78, 5) is 25.2. The number of alkyl halides is 3. The SMILES string of the molecule is CC(Cc1ccc(Cl)cc1)NC(=O)c1cc(-c2cc(F)cc(C(F)(F)F)c2)n(C)c(=O)c1O. The molecule has 0 saturated carbocycles. The molecular formula is C23H19ClF4N2O3. The van der Waals surface area contributed by atoms with Crippen LogP contribution in [-0.2, 0) is 19.6 Å². The van der Waals surface area contributed by atoms with Crippen LogP contribution in [0.1, 0.15) is 28.4 Å². The average Bonchev–Trinajstić information content (AvgIpc) is 2.72. The highest BCUT2D eigenvalue weighted by Gasteiger charge is 2.32. The van der Waals surface area contributed by atoms with Gasteiger partial charge in [-0.25, -0.2) is 4.39 Å². The molecule has 1 amide bonds. The van der Waals surface area contributed by atoms with Crippen molar-refractivity contribution >= 4 is 17.5 Å². The maximum Gasteiger partial charge on any atom is 0.416 e. The number of pyridine rings is 1. The van der Waals surface area contributed by atoms with Gasteiger partial charge in [0.05, 0.1) is 16.8 Å². The van der Waals surface area contributed by atoms with Crippen LogP contribution in [0, 0.1) is 5.82 Å². The highest BCUT2D eigenvalue weighted by Crippen LogP contribution is 2.33. The third-order valence-corrected chi connectivity index (χ3v) is 5.25. The highest BCUT2D eigenvalue weighted by molar-refractivity contribution is 6.30. The van der Waals surface area contributed by atoms with Crippen LogP contribution in [0.2, 0.25) is 5.02 Å². The molecule has 0 saturated heterocycles. The number of benzene rings is 2. The number of aromatic hydroxyl groups is 1.